The fourth-order valence-corrected chi connectivity index (χ4v) is 9.51. The molecule has 2 aliphatic rings. The van der Waals surface area contributed by atoms with Gasteiger partial charge in [0, 0.05) is 17.5 Å². The van der Waals surface area contributed by atoms with Crippen molar-refractivity contribution in [2.45, 2.75) is 101 Å². The van der Waals surface area contributed by atoms with Crippen molar-refractivity contribution in [1.82, 2.24) is 0 Å². The first-order valence-corrected chi connectivity index (χ1v) is 18.3. The molecule has 0 aliphatic carbocycles. The molecule has 6 nitrogen and oxygen atoms in total. The quantitative estimate of drug-likeness (QED) is 0.190. The van der Waals surface area contributed by atoms with Crippen molar-refractivity contribution in [3.8, 4) is 23.0 Å². The van der Waals surface area contributed by atoms with Crippen LogP contribution in [-0.2, 0) is 26.7 Å². The molecular weight excluding hydrogens is 626 g/mol. The highest BCUT2D eigenvalue weighted by Gasteiger charge is 2.41. The molecule has 0 aromatic heterocycles. The zero-order valence-corrected chi connectivity index (χ0v) is 31.5. The molecule has 0 amide bonds. The Labute approximate surface area is 282 Å². The van der Waals surface area contributed by atoms with Gasteiger partial charge in [0.05, 0.1) is 0 Å². The lowest BCUT2D eigenvalue weighted by Crippen LogP contribution is -2.27. The smallest absolute Gasteiger partial charge is 0.417 e. The monoisotopic (exact) mass is 672 g/mol. The first-order valence-electron chi connectivity index (χ1n) is 16.1. The molecule has 0 bridgehead atoms. The minimum atomic E-state index is -1.71. The van der Waals surface area contributed by atoms with Crippen molar-refractivity contribution >= 4 is 17.2 Å². The van der Waals surface area contributed by atoms with Gasteiger partial charge in [-0.2, -0.15) is 0 Å². The molecule has 0 spiro atoms. The zero-order valence-electron chi connectivity index (χ0n) is 29.7. The summed E-state index contributed by atoms with van der Waals surface area (Å²) in [5.74, 6) is 3.23. The summed E-state index contributed by atoms with van der Waals surface area (Å²) in [5.41, 5.74) is 11.9. The van der Waals surface area contributed by atoms with E-state index >= 15 is 0 Å². The van der Waals surface area contributed by atoms with E-state index in [1.54, 1.807) is 0 Å². The fourth-order valence-electron chi connectivity index (χ4n) is 6.74. The summed E-state index contributed by atoms with van der Waals surface area (Å²) >= 11 is 0. The second-order valence-electron chi connectivity index (χ2n) is 14.2. The summed E-state index contributed by atoms with van der Waals surface area (Å²) in [6.45, 7) is 25.0. The standard InChI is InChI=1S/C39H46O6P2/c1-22-13-26(5)34(40-46-42-36-28(7)15-24(3)19-32(36)38(9,10)44-46)30(17-22)21-31-18-23(2)14-27(6)35(31)41-47-43-37-29(8)16-25(4)20-33(37)39(11,12)45-47/h13-20H,21H2,1-12H3. The molecule has 2 unspecified atom stereocenters. The summed E-state index contributed by atoms with van der Waals surface area (Å²) in [7, 11) is -3.42. The van der Waals surface area contributed by atoms with E-state index in [2.05, 4.69) is 132 Å². The van der Waals surface area contributed by atoms with E-state index in [1.807, 2.05) is 0 Å². The van der Waals surface area contributed by atoms with E-state index in [0.29, 0.717) is 6.42 Å². The Bertz CT molecular complexity index is 1740. The normalized spacial score (nSPS) is 19.2. The van der Waals surface area contributed by atoms with Gasteiger partial charge < -0.3 is 18.1 Å². The van der Waals surface area contributed by atoms with Crippen LogP contribution < -0.4 is 18.1 Å². The van der Waals surface area contributed by atoms with Crippen LogP contribution in [0.1, 0.15) is 94.5 Å². The van der Waals surface area contributed by atoms with E-state index < -0.39 is 28.4 Å². The van der Waals surface area contributed by atoms with Crippen LogP contribution in [0.2, 0.25) is 0 Å². The third-order valence-corrected chi connectivity index (χ3v) is 11.3. The zero-order chi connectivity index (χ0) is 34.0. The molecule has 0 saturated heterocycles. The predicted molar refractivity (Wildman–Crippen MR) is 191 cm³/mol. The van der Waals surface area contributed by atoms with Crippen molar-refractivity contribution in [1.29, 1.82) is 0 Å². The number of aryl methyl sites for hydroxylation is 8. The molecule has 0 N–H and O–H groups in total. The van der Waals surface area contributed by atoms with Crippen LogP contribution >= 0.6 is 17.2 Å². The summed E-state index contributed by atoms with van der Waals surface area (Å²) < 4.78 is 39.3. The van der Waals surface area contributed by atoms with Crippen LogP contribution in [0, 0.1) is 55.4 Å². The maximum absolute atomic E-state index is 6.70. The molecule has 2 atom stereocenters. The highest BCUT2D eigenvalue weighted by molar-refractivity contribution is 7.43. The highest BCUT2D eigenvalue weighted by Crippen LogP contribution is 2.58. The molecule has 8 heteroatoms. The van der Waals surface area contributed by atoms with Gasteiger partial charge in [-0.05, 0) is 129 Å². The summed E-state index contributed by atoms with van der Waals surface area (Å²) in [5, 5.41) is 0. The molecule has 0 fully saturated rings. The molecule has 6 rings (SSSR count). The van der Waals surface area contributed by atoms with Crippen LogP contribution in [0.3, 0.4) is 0 Å². The van der Waals surface area contributed by atoms with Gasteiger partial charge in [-0.1, -0.05) is 58.7 Å². The Hall–Kier alpha value is -3.14. The largest absolute Gasteiger partial charge is 0.464 e. The van der Waals surface area contributed by atoms with Crippen LogP contribution in [-0.4, -0.2) is 0 Å². The van der Waals surface area contributed by atoms with E-state index in [9.17, 15) is 0 Å². The molecule has 4 aromatic carbocycles. The van der Waals surface area contributed by atoms with Crippen molar-refractivity contribution in [2.75, 3.05) is 0 Å². The van der Waals surface area contributed by atoms with Gasteiger partial charge in [0.1, 0.15) is 34.2 Å². The van der Waals surface area contributed by atoms with Crippen molar-refractivity contribution < 1.29 is 27.1 Å². The predicted octanol–water partition coefficient (Wildman–Crippen LogP) is 11.6. The summed E-state index contributed by atoms with van der Waals surface area (Å²) in [6, 6.07) is 17.2. The lowest BCUT2D eigenvalue weighted by Gasteiger charge is -2.37. The first-order chi connectivity index (χ1) is 22.0. The third-order valence-electron chi connectivity index (χ3n) is 8.78. The van der Waals surface area contributed by atoms with Gasteiger partial charge in [0.15, 0.2) is 0 Å². The highest BCUT2D eigenvalue weighted by atomic mass is 31.2. The van der Waals surface area contributed by atoms with Gasteiger partial charge in [0.2, 0.25) is 0 Å². The molecule has 2 aliphatic heterocycles. The van der Waals surface area contributed by atoms with E-state index in [0.717, 1.165) is 78.6 Å². The molecule has 248 valence electrons. The minimum absolute atomic E-state index is 0.560. The van der Waals surface area contributed by atoms with Gasteiger partial charge >= 0.3 is 17.2 Å². The Balaban J connectivity index is 1.33. The van der Waals surface area contributed by atoms with E-state index in [4.69, 9.17) is 27.1 Å². The maximum atomic E-state index is 6.70. The second kappa shape index (κ2) is 12.4. The summed E-state index contributed by atoms with van der Waals surface area (Å²) in [4.78, 5) is 0. The molecule has 0 radical (unpaired) electrons. The lowest BCUT2D eigenvalue weighted by atomic mass is 9.93. The first kappa shape index (κ1) is 33.7. The Morgan fingerprint density at radius 3 is 1.21 bits per heavy atom. The fraction of sp³-hybridized carbons (Fsp3) is 0.385. The molecular formula is C39H46O6P2. The Kier molecular flexibility index (Phi) is 8.90. The van der Waals surface area contributed by atoms with Gasteiger partial charge in [-0.3, -0.25) is 9.05 Å². The van der Waals surface area contributed by atoms with Crippen LogP contribution in [0.5, 0.6) is 23.0 Å². The van der Waals surface area contributed by atoms with Gasteiger partial charge in [-0.25, -0.2) is 0 Å². The van der Waals surface area contributed by atoms with Crippen LogP contribution in [0.25, 0.3) is 0 Å². The summed E-state index contributed by atoms with van der Waals surface area (Å²) in [6.07, 6.45) is 0.582. The average Bonchev–Trinajstić information content (AvgIpc) is 2.93. The number of hydrogen-bond donors (Lipinski definition) is 0. The Morgan fingerprint density at radius 2 is 0.830 bits per heavy atom. The van der Waals surface area contributed by atoms with Crippen molar-refractivity contribution in [3.63, 3.8) is 0 Å². The average molecular weight is 673 g/mol. The van der Waals surface area contributed by atoms with E-state index in [-0.39, 0.29) is 0 Å². The SMILES string of the molecule is Cc1cc(C)c(OP2Oc3c(C)cc(C)cc3C(C)(C)O2)c(Cc2cc(C)cc(C)c2OP2Oc3c(C)cc(C)cc3C(C)(C)O2)c1. The molecule has 0 saturated carbocycles. The lowest BCUT2D eigenvalue weighted by molar-refractivity contribution is 0.0759. The van der Waals surface area contributed by atoms with Crippen LogP contribution in [0.15, 0.2) is 48.5 Å². The number of benzene rings is 4. The molecule has 47 heavy (non-hydrogen) atoms. The molecule has 2 heterocycles. The number of hydrogen-bond acceptors (Lipinski definition) is 6. The maximum Gasteiger partial charge on any atom is 0.464 e. The molecule has 4 aromatic rings. The Morgan fingerprint density at radius 1 is 0.489 bits per heavy atom. The van der Waals surface area contributed by atoms with Crippen LogP contribution in [0.4, 0.5) is 0 Å². The minimum Gasteiger partial charge on any atom is -0.417 e. The van der Waals surface area contributed by atoms with Crippen molar-refractivity contribution in [2.24, 2.45) is 0 Å². The number of rotatable bonds is 6. The van der Waals surface area contributed by atoms with Gasteiger partial charge in [-0.15, -0.1) is 0 Å². The topological polar surface area (TPSA) is 55.4 Å². The van der Waals surface area contributed by atoms with Crippen molar-refractivity contribution in [3.05, 3.63) is 115 Å². The van der Waals surface area contributed by atoms with Gasteiger partial charge in [0.25, 0.3) is 0 Å². The number of fused-ring (bicyclic) bond motifs is 2. The second-order valence-corrected chi connectivity index (χ2v) is 16.2. The third kappa shape index (κ3) is 6.76. The van der Waals surface area contributed by atoms with E-state index in [1.165, 1.54) is 11.1 Å².